The van der Waals surface area contributed by atoms with Gasteiger partial charge in [-0.15, -0.1) is 0 Å². The fraction of sp³-hybridized carbons (Fsp3) is 0.333. The van der Waals surface area contributed by atoms with E-state index >= 15 is 0 Å². The Morgan fingerprint density at radius 2 is 1.79 bits per heavy atom. The zero-order valence-electron chi connectivity index (χ0n) is 16.0. The fourth-order valence-electron chi connectivity index (χ4n) is 3.67. The number of amides is 3. The average molecular weight is 393 g/mol. The van der Waals surface area contributed by atoms with E-state index in [1.165, 1.54) is 0 Å². The molecule has 1 fully saturated rings. The van der Waals surface area contributed by atoms with Gasteiger partial charge in [0.05, 0.1) is 11.3 Å². The lowest BCUT2D eigenvalue weighted by Gasteiger charge is -2.35. The summed E-state index contributed by atoms with van der Waals surface area (Å²) in [5, 5.41) is 5.50. The summed E-state index contributed by atoms with van der Waals surface area (Å²) in [6.45, 7) is 2.67. The lowest BCUT2D eigenvalue weighted by atomic mass is 10.1. The van der Waals surface area contributed by atoms with Crippen molar-refractivity contribution in [2.75, 3.05) is 36.4 Å². The molecule has 3 heterocycles. The van der Waals surface area contributed by atoms with Gasteiger partial charge in [0.15, 0.2) is 0 Å². The number of fused-ring (bicyclic) bond motifs is 1. The predicted octanol–water partition coefficient (Wildman–Crippen LogP) is 1.26. The second-order valence-electron chi connectivity index (χ2n) is 7.16. The number of aromatic nitrogens is 1. The molecule has 0 radical (unpaired) electrons. The number of nitrogens with zero attached hydrogens (tertiary/aromatic N) is 3. The van der Waals surface area contributed by atoms with Gasteiger partial charge >= 0.3 is 0 Å². The molecule has 2 N–H and O–H groups in total. The van der Waals surface area contributed by atoms with E-state index in [4.69, 9.17) is 0 Å². The van der Waals surface area contributed by atoms with Gasteiger partial charge in [0.1, 0.15) is 11.9 Å². The second-order valence-corrected chi connectivity index (χ2v) is 7.16. The first kappa shape index (κ1) is 18.9. The smallest absolute Gasteiger partial charge is 0.254 e. The van der Waals surface area contributed by atoms with Crippen LogP contribution in [0.5, 0.6) is 0 Å². The van der Waals surface area contributed by atoms with Crippen LogP contribution >= 0.6 is 0 Å². The van der Waals surface area contributed by atoms with Crippen molar-refractivity contribution in [3.05, 3.63) is 54.2 Å². The number of hydrogen-bond acceptors (Lipinski definition) is 5. The van der Waals surface area contributed by atoms with Crippen molar-refractivity contribution in [2.45, 2.75) is 18.9 Å². The highest BCUT2D eigenvalue weighted by Gasteiger charge is 2.29. The van der Waals surface area contributed by atoms with E-state index < -0.39 is 6.04 Å². The molecule has 0 aliphatic carbocycles. The molecule has 1 saturated heterocycles. The van der Waals surface area contributed by atoms with Crippen LogP contribution in [-0.2, 0) is 9.59 Å². The van der Waals surface area contributed by atoms with Gasteiger partial charge in [-0.3, -0.25) is 14.4 Å². The lowest BCUT2D eigenvalue weighted by molar-refractivity contribution is -0.131. The Kier molecular flexibility index (Phi) is 5.41. The first-order valence-corrected chi connectivity index (χ1v) is 9.76. The third-order valence-corrected chi connectivity index (χ3v) is 5.30. The summed E-state index contributed by atoms with van der Waals surface area (Å²) >= 11 is 0. The van der Waals surface area contributed by atoms with Crippen LogP contribution in [0.3, 0.4) is 0 Å². The van der Waals surface area contributed by atoms with Gasteiger partial charge in [0, 0.05) is 38.8 Å². The van der Waals surface area contributed by atoms with E-state index in [0.717, 1.165) is 18.9 Å². The van der Waals surface area contributed by atoms with Crippen molar-refractivity contribution in [1.82, 2.24) is 15.2 Å². The van der Waals surface area contributed by atoms with E-state index in [9.17, 15) is 14.4 Å². The Balaban J connectivity index is 1.30. The number of nitrogens with one attached hydrogen (secondary N) is 2. The molecule has 3 amide bonds. The zero-order chi connectivity index (χ0) is 20.2. The van der Waals surface area contributed by atoms with E-state index in [1.807, 2.05) is 23.1 Å². The Morgan fingerprint density at radius 3 is 2.55 bits per heavy atom. The van der Waals surface area contributed by atoms with Gasteiger partial charge in [0.25, 0.3) is 5.91 Å². The minimum absolute atomic E-state index is 0.00511. The number of carbonyl (C=O) groups excluding carboxylic acids is 3. The summed E-state index contributed by atoms with van der Waals surface area (Å²) in [6, 6.07) is 11.9. The van der Waals surface area contributed by atoms with Gasteiger partial charge in [-0.25, -0.2) is 4.98 Å². The Hall–Kier alpha value is -3.42. The summed E-state index contributed by atoms with van der Waals surface area (Å²) in [5.41, 5.74) is 0.926. The standard InChI is InChI=1S/C21H23N5O3/c27-19(26-13-11-25(12-14-26)18-7-3-4-10-22-18)9-8-17-21(29)23-16-6-2-1-5-15(16)20(28)24-17/h1-7,10,17H,8-9,11-14H2,(H,23,29)(H,24,28). The molecule has 1 aromatic carbocycles. The normalized spacial score (nSPS) is 19.1. The van der Waals surface area contributed by atoms with Gasteiger partial charge in [-0.2, -0.15) is 0 Å². The molecule has 2 aromatic rings. The number of carbonyl (C=O) groups is 3. The third kappa shape index (κ3) is 4.21. The van der Waals surface area contributed by atoms with Crippen molar-refractivity contribution >= 4 is 29.2 Å². The van der Waals surface area contributed by atoms with E-state index in [-0.39, 0.29) is 30.6 Å². The molecule has 4 rings (SSSR count). The Bertz CT molecular complexity index is 910. The molecule has 150 valence electrons. The minimum Gasteiger partial charge on any atom is -0.353 e. The molecule has 0 bridgehead atoms. The van der Waals surface area contributed by atoms with E-state index in [0.29, 0.717) is 24.3 Å². The van der Waals surface area contributed by atoms with Crippen LogP contribution in [-0.4, -0.2) is 59.8 Å². The summed E-state index contributed by atoms with van der Waals surface area (Å²) in [4.78, 5) is 45.8. The number of piperazine rings is 1. The lowest BCUT2D eigenvalue weighted by Crippen LogP contribution is -2.49. The van der Waals surface area contributed by atoms with Crippen LogP contribution < -0.4 is 15.5 Å². The summed E-state index contributed by atoms with van der Waals surface area (Å²) < 4.78 is 0. The zero-order valence-corrected chi connectivity index (χ0v) is 16.0. The number of anilines is 2. The maximum absolute atomic E-state index is 12.6. The fourth-order valence-corrected chi connectivity index (χ4v) is 3.67. The molecule has 1 unspecified atom stereocenters. The summed E-state index contributed by atoms with van der Waals surface area (Å²) in [5.74, 6) is 0.308. The van der Waals surface area contributed by atoms with Crippen LogP contribution in [0.25, 0.3) is 0 Å². The molecular weight excluding hydrogens is 370 g/mol. The predicted molar refractivity (Wildman–Crippen MR) is 109 cm³/mol. The van der Waals surface area contributed by atoms with E-state index in [1.54, 1.807) is 30.5 Å². The molecular formula is C21H23N5O3. The summed E-state index contributed by atoms with van der Waals surface area (Å²) in [6.07, 6.45) is 2.24. The monoisotopic (exact) mass is 393 g/mol. The molecule has 0 spiro atoms. The van der Waals surface area contributed by atoms with Crippen LogP contribution in [0, 0.1) is 0 Å². The van der Waals surface area contributed by atoms with Crippen molar-refractivity contribution in [3.63, 3.8) is 0 Å². The highest BCUT2D eigenvalue weighted by atomic mass is 16.2. The van der Waals surface area contributed by atoms with Gasteiger partial charge in [-0.05, 0) is 30.7 Å². The van der Waals surface area contributed by atoms with Crippen LogP contribution in [0.15, 0.2) is 48.7 Å². The second kappa shape index (κ2) is 8.30. The molecule has 29 heavy (non-hydrogen) atoms. The largest absolute Gasteiger partial charge is 0.353 e. The van der Waals surface area contributed by atoms with Gasteiger partial charge < -0.3 is 20.4 Å². The van der Waals surface area contributed by atoms with Gasteiger partial charge in [-0.1, -0.05) is 18.2 Å². The topological polar surface area (TPSA) is 94.6 Å². The minimum atomic E-state index is -0.728. The van der Waals surface area contributed by atoms with Crippen molar-refractivity contribution in [3.8, 4) is 0 Å². The Labute approximate surface area is 168 Å². The molecule has 8 heteroatoms. The number of hydrogen-bond donors (Lipinski definition) is 2. The number of pyridine rings is 1. The molecule has 2 aliphatic rings. The van der Waals surface area contributed by atoms with Crippen molar-refractivity contribution < 1.29 is 14.4 Å². The quantitative estimate of drug-likeness (QED) is 0.816. The molecule has 0 saturated carbocycles. The number of para-hydroxylation sites is 1. The van der Waals surface area contributed by atoms with E-state index in [2.05, 4.69) is 20.5 Å². The maximum Gasteiger partial charge on any atom is 0.254 e. The number of rotatable bonds is 4. The Morgan fingerprint density at radius 1 is 1.03 bits per heavy atom. The SMILES string of the molecule is O=C1NC(CCC(=O)N2CCN(c3ccccn3)CC2)C(=O)Nc2ccccc21. The molecule has 1 atom stereocenters. The maximum atomic E-state index is 12.6. The van der Waals surface area contributed by atoms with Crippen LogP contribution in [0.1, 0.15) is 23.2 Å². The molecule has 8 nitrogen and oxygen atoms in total. The first-order valence-electron chi connectivity index (χ1n) is 9.76. The highest BCUT2D eigenvalue weighted by molar-refractivity contribution is 6.09. The average Bonchev–Trinajstić information content (AvgIpc) is 2.88. The van der Waals surface area contributed by atoms with Crippen LogP contribution in [0.2, 0.25) is 0 Å². The van der Waals surface area contributed by atoms with Gasteiger partial charge in [0.2, 0.25) is 11.8 Å². The summed E-state index contributed by atoms with van der Waals surface area (Å²) in [7, 11) is 0. The molecule has 1 aromatic heterocycles. The van der Waals surface area contributed by atoms with Crippen molar-refractivity contribution in [1.29, 1.82) is 0 Å². The first-order chi connectivity index (χ1) is 14.1. The molecule has 2 aliphatic heterocycles. The van der Waals surface area contributed by atoms with Crippen molar-refractivity contribution in [2.24, 2.45) is 0 Å². The van der Waals surface area contributed by atoms with Crippen LogP contribution in [0.4, 0.5) is 11.5 Å². The highest BCUT2D eigenvalue weighted by Crippen LogP contribution is 2.20. The third-order valence-electron chi connectivity index (χ3n) is 5.30. The number of benzene rings is 1.